The molecule has 0 bridgehead atoms. The Kier molecular flexibility index (Phi) is 6.54. The Morgan fingerprint density at radius 2 is 1.79 bits per heavy atom. The summed E-state index contributed by atoms with van der Waals surface area (Å²) < 4.78 is 0. The Morgan fingerprint density at radius 3 is 2.14 bits per heavy atom. The van der Waals surface area contributed by atoms with Crippen LogP contribution in [0.25, 0.3) is 0 Å². The molecule has 0 rings (SSSR count). The van der Waals surface area contributed by atoms with Crippen molar-refractivity contribution in [2.75, 3.05) is 6.54 Å². The smallest absolute Gasteiger partial charge is 0.307 e. The summed E-state index contributed by atoms with van der Waals surface area (Å²) >= 11 is 0. The van der Waals surface area contributed by atoms with Gasteiger partial charge in [0.1, 0.15) is 0 Å². The zero-order valence-electron chi connectivity index (χ0n) is 9.71. The van der Waals surface area contributed by atoms with E-state index in [0.29, 0.717) is 18.5 Å². The van der Waals surface area contributed by atoms with Crippen molar-refractivity contribution in [3.05, 3.63) is 0 Å². The number of carboxylic acids is 1. The molecule has 2 atom stereocenters. The molecule has 0 aromatic carbocycles. The first-order chi connectivity index (χ1) is 6.52. The Balaban J connectivity index is 3.82. The molecule has 2 N–H and O–H groups in total. The van der Waals surface area contributed by atoms with Crippen LogP contribution in [0.3, 0.4) is 0 Å². The van der Waals surface area contributed by atoms with Gasteiger partial charge >= 0.3 is 5.97 Å². The third kappa shape index (κ3) is 4.61. The zero-order chi connectivity index (χ0) is 11.1. The maximum atomic E-state index is 10.6. The van der Waals surface area contributed by atoms with Gasteiger partial charge in [0.2, 0.25) is 0 Å². The zero-order valence-corrected chi connectivity index (χ0v) is 9.71. The number of nitrogens with one attached hydrogen (secondary N) is 1. The largest absolute Gasteiger partial charge is 0.481 e. The van der Waals surface area contributed by atoms with Crippen LogP contribution in [0.15, 0.2) is 0 Å². The van der Waals surface area contributed by atoms with E-state index in [-0.39, 0.29) is 5.92 Å². The van der Waals surface area contributed by atoms with Gasteiger partial charge in [0.15, 0.2) is 0 Å². The predicted molar refractivity (Wildman–Crippen MR) is 58.3 cm³/mol. The van der Waals surface area contributed by atoms with Crippen LogP contribution in [0.4, 0.5) is 0 Å². The molecule has 14 heavy (non-hydrogen) atoms. The molecule has 0 aromatic rings. The summed E-state index contributed by atoms with van der Waals surface area (Å²) in [6.45, 7) is 8.77. The highest BCUT2D eigenvalue weighted by Crippen LogP contribution is 2.12. The normalized spacial score (nSPS) is 15.5. The molecule has 0 aliphatic rings. The quantitative estimate of drug-likeness (QED) is 0.663. The van der Waals surface area contributed by atoms with Gasteiger partial charge in [0.25, 0.3) is 0 Å². The van der Waals surface area contributed by atoms with Crippen LogP contribution in [-0.2, 0) is 4.79 Å². The van der Waals surface area contributed by atoms with Crippen molar-refractivity contribution in [3.63, 3.8) is 0 Å². The van der Waals surface area contributed by atoms with Crippen LogP contribution in [0, 0.1) is 11.8 Å². The van der Waals surface area contributed by atoms with Crippen LogP contribution in [0.1, 0.15) is 40.5 Å². The van der Waals surface area contributed by atoms with Gasteiger partial charge in [-0.15, -0.1) is 0 Å². The van der Waals surface area contributed by atoms with Gasteiger partial charge in [0, 0.05) is 12.6 Å². The van der Waals surface area contributed by atoms with Gasteiger partial charge in [-0.3, -0.25) is 4.79 Å². The topological polar surface area (TPSA) is 49.3 Å². The van der Waals surface area contributed by atoms with Crippen molar-refractivity contribution in [2.24, 2.45) is 11.8 Å². The Bertz CT molecular complexity index is 167. The lowest BCUT2D eigenvalue weighted by Crippen LogP contribution is -2.37. The number of hydrogen-bond acceptors (Lipinski definition) is 2. The van der Waals surface area contributed by atoms with Crippen molar-refractivity contribution in [1.29, 1.82) is 0 Å². The van der Waals surface area contributed by atoms with E-state index in [9.17, 15) is 4.79 Å². The molecule has 0 aromatic heterocycles. The molecule has 84 valence electrons. The minimum atomic E-state index is -0.728. The summed E-state index contributed by atoms with van der Waals surface area (Å²) in [6, 6.07) is 0.409. The van der Waals surface area contributed by atoms with Gasteiger partial charge in [0.05, 0.1) is 5.92 Å². The summed E-state index contributed by atoms with van der Waals surface area (Å²) in [4.78, 5) is 10.6. The Hall–Kier alpha value is -0.570. The molecule has 0 aliphatic carbocycles. The first-order valence-corrected chi connectivity index (χ1v) is 5.49. The number of rotatable bonds is 7. The molecular formula is C11H23NO2. The monoisotopic (exact) mass is 201 g/mol. The van der Waals surface area contributed by atoms with Crippen molar-refractivity contribution < 1.29 is 9.90 Å². The highest BCUT2D eigenvalue weighted by atomic mass is 16.4. The number of hydrogen-bond donors (Lipinski definition) is 2. The molecule has 0 radical (unpaired) electrons. The van der Waals surface area contributed by atoms with Gasteiger partial charge in [-0.2, -0.15) is 0 Å². The highest BCUT2D eigenvalue weighted by Gasteiger charge is 2.16. The van der Waals surface area contributed by atoms with E-state index in [0.717, 1.165) is 12.8 Å². The minimum absolute atomic E-state index is 0.299. The first kappa shape index (κ1) is 13.4. The molecule has 2 unspecified atom stereocenters. The van der Waals surface area contributed by atoms with E-state index in [1.807, 2.05) is 0 Å². The van der Waals surface area contributed by atoms with Crippen molar-refractivity contribution in [3.8, 4) is 0 Å². The van der Waals surface area contributed by atoms with Crippen LogP contribution in [0.5, 0.6) is 0 Å². The number of aliphatic carboxylic acids is 1. The fourth-order valence-corrected chi connectivity index (χ4v) is 1.61. The minimum Gasteiger partial charge on any atom is -0.481 e. The lowest BCUT2D eigenvalue weighted by Gasteiger charge is -2.23. The van der Waals surface area contributed by atoms with Crippen molar-refractivity contribution >= 4 is 5.97 Å². The molecule has 0 spiro atoms. The molecule has 0 amide bonds. The highest BCUT2D eigenvalue weighted by molar-refractivity contribution is 5.69. The van der Waals surface area contributed by atoms with Gasteiger partial charge in [-0.25, -0.2) is 0 Å². The maximum absolute atomic E-state index is 10.6. The van der Waals surface area contributed by atoms with E-state index in [2.05, 4.69) is 26.1 Å². The van der Waals surface area contributed by atoms with Crippen LogP contribution >= 0.6 is 0 Å². The number of carboxylic acid groups (broad SMARTS) is 1. The summed E-state index contributed by atoms with van der Waals surface area (Å²) in [5.41, 5.74) is 0. The Labute approximate surface area is 86.9 Å². The number of carbonyl (C=O) groups is 1. The van der Waals surface area contributed by atoms with Crippen molar-refractivity contribution in [2.45, 2.75) is 46.6 Å². The lowest BCUT2D eigenvalue weighted by molar-refractivity contribution is -0.141. The van der Waals surface area contributed by atoms with Crippen LogP contribution in [0.2, 0.25) is 0 Å². The van der Waals surface area contributed by atoms with Gasteiger partial charge < -0.3 is 10.4 Å². The molecule has 3 heteroatoms. The van der Waals surface area contributed by atoms with E-state index in [1.165, 1.54) is 0 Å². The lowest BCUT2D eigenvalue weighted by atomic mass is 9.95. The van der Waals surface area contributed by atoms with Crippen molar-refractivity contribution in [1.82, 2.24) is 5.32 Å². The average Bonchev–Trinajstić information content (AvgIpc) is 2.15. The second kappa shape index (κ2) is 6.82. The van der Waals surface area contributed by atoms with Gasteiger partial charge in [-0.1, -0.05) is 33.6 Å². The third-order valence-electron chi connectivity index (χ3n) is 2.92. The first-order valence-electron chi connectivity index (χ1n) is 5.49. The fourth-order valence-electron chi connectivity index (χ4n) is 1.61. The predicted octanol–water partition coefficient (Wildman–Crippen LogP) is 2.12. The molecule has 3 nitrogen and oxygen atoms in total. The van der Waals surface area contributed by atoms with E-state index in [4.69, 9.17) is 5.11 Å². The Morgan fingerprint density at radius 1 is 1.29 bits per heavy atom. The van der Waals surface area contributed by atoms with E-state index >= 15 is 0 Å². The molecule has 0 saturated heterocycles. The van der Waals surface area contributed by atoms with E-state index in [1.54, 1.807) is 6.92 Å². The van der Waals surface area contributed by atoms with Crippen LogP contribution < -0.4 is 5.32 Å². The summed E-state index contributed by atoms with van der Waals surface area (Å²) in [5.74, 6) is -0.378. The van der Waals surface area contributed by atoms with Gasteiger partial charge in [-0.05, 0) is 12.8 Å². The van der Waals surface area contributed by atoms with E-state index < -0.39 is 5.97 Å². The standard InChI is InChI=1S/C11H23NO2/c1-5-10(6-2)9(4)12-7-8(3)11(13)14/h8-10,12H,5-7H2,1-4H3,(H,13,14). The molecular weight excluding hydrogens is 178 g/mol. The fraction of sp³-hybridized carbons (Fsp3) is 0.909. The molecule has 0 aliphatic heterocycles. The second-order valence-electron chi connectivity index (χ2n) is 4.01. The third-order valence-corrected chi connectivity index (χ3v) is 2.92. The molecule has 0 saturated carbocycles. The summed E-state index contributed by atoms with van der Waals surface area (Å²) in [5, 5.41) is 12.0. The molecule has 0 heterocycles. The summed E-state index contributed by atoms with van der Waals surface area (Å²) in [7, 11) is 0. The average molecular weight is 201 g/mol. The second-order valence-corrected chi connectivity index (χ2v) is 4.01. The SMILES string of the molecule is CCC(CC)C(C)NCC(C)C(=O)O. The summed E-state index contributed by atoms with van der Waals surface area (Å²) in [6.07, 6.45) is 2.29. The maximum Gasteiger partial charge on any atom is 0.307 e. The van der Waals surface area contributed by atoms with Crippen LogP contribution in [-0.4, -0.2) is 23.7 Å². The molecule has 0 fully saturated rings.